The Balaban J connectivity index is 2.40. The molecule has 0 saturated carbocycles. The number of hydrogen-bond acceptors (Lipinski definition) is 5. The van der Waals surface area contributed by atoms with Crippen molar-refractivity contribution in [3.63, 3.8) is 0 Å². The first-order chi connectivity index (χ1) is 9.38. The average molecular weight is 279 g/mol. The normalized spacial score (nSPS) is 22.6. The first-order valence-corrected chi connectivity index (χ1v) is 6.56. The SMILES string of the molecule is C[C@@H]1C[C@@H](C)CN(c2ccc([N+](=O)[O-])cc2[N+](=O)[O-])C1. The molecule has 7 nitrogen and oxygen atoms in total. The summed E-state index contributed by atoms with van der Waals surface area (Å²) in [6.07, 6.45) is 1.09. The second kappa shape index (κ2) is 5.44. The lowest BCUT2D eigenvalue weighted by Gasteiger charge is -2.36. The van der Waals surface area contributed by atoms with Gasteiger partial charge in [-0.3, -0.25) is 20.2 Å². The Morgan fingerprint density at radius 1 is 1.10 bits per heavy atom. The highest BCUT2D eigenvalue weighted by Crippen LogP contribution is 2.35. The van der Waals surface area contributed by atoms with E-state index in [2.05, 4.69) is 13.8 Å². The summed E-state index contributed by atoms with van der Waals surface area (Å²) in [6.45, 7) is 5.70. The van der Waals surface area contributed by atoms with Gasteiger partial charge in [0.1, 0.15) is 5.69 Å². The van der Waals surface area contributed by atoms with Crippen molar-refractivity contribution in [2.24, 2.45) is 11.8 Å². The summed E-state index contributed by atoms with van der Waals surface area (Å²) in [4.78, 5) is 22.7. The molecule has 1 aliphatic heterocycles. The molecule has 0 aliphatic carbocycles. The van der Waals surface area contributed by atoms with Crippen LogP contribution < -0.4 is 4.90 Å². The summed E-state index contributed by atoms with van der Waals surface area (Å²) in [5.74, 6) is 0.905. The molecule has 0 amide bonds. The number of nitro groups is 2. The van der Waals surface area contributed by atoms with Crippen molar-refractivity contribution in [2.75, 3.05) is 18.0 Å². The molecule has 20 heavy (non-hydrogen) atoms. The number of nitro benzene ring substituents is 2. The van der Waals surface area contributed by atoms with E-state index >= 15 is 0 Å². The van der Waals surface area contributed by atoms with E-state index in [4.69, 9.17) is 0 Å². The van der Waals surface area contributed by atoms with Crippen LogP contribution in [0.4, 0.5) is 17.1 Å². The fourth-order valence-corrected chi connectivity index (χ4v) is 2.90. The molecule has 2 rings (SSSR count). The molecule has 1 fully saturated rings. The molecular formula is C13H17N3O4. The van der Waals surface area contributed by atoms with E-state index < -0.39 is 9.85 Å². The zero-order chi connectivity index (χ0) is 14.9. The van der Waals surface area contributed by atoms with E-state index in [1.165, 1.54) is 12.1 Å². The molecule has 1 aromatic carbocycles. The Bertz CT molecular complexity index is 536. The topological polar surface area (TPSA) is 89.5 Å². The second-order valence-corrected chi connectivity index (χ2v) is 5.54. The Hall–Kier alpha value is -2.18. The van der Waals surface area contributed by atoms with E-state index in [1.807, 2.05) is 4.90 Å². The van der Waals surface area contributed by atoms with Gasteiger partial charge in [-0.25, -0.2) is 0 Å². The molecule has 0 aromatic heterocycles. The molecule has 7 heteroatoms. The summed E-state index contributed by atoms with van der Waals surface area (Å²) in [5, 5.41) is 21.9. The van der Waals surface area contributed by atoms with Crippen molar-refractivity contribution < 1.29 is 9.85 Å². The van der Waals surface area contributed by atoms with Gasteiger partial charge in [0.25, 0.3) is 11.4 Å². The summed E-state index contributed by atoms with van der Waals surface area (Å²) >= 11 is 0. The van der Waals surface area contributed by atoms with E-state index in [-0.39, 0.29) is 11.4 Å². The van der Waals surface area contributed by atoms with Crippen molar-refractivity contribution in [3.8, 4) is 0 Å². The first-order valence-electron chi connectivity index (χ1n) is 6.56. The fraction of sp³-hybridized carbons (Fsp3) is 0.538. The standard InChI is InChI=1S/C13H17N3O4/c1-9-5-10(2)8-14(7-9)12-4-3-11(15(17)18)6-13(12)16(19)20/h3-4,6,9-10H,5,7-8H2,1-2H3/t9-,10-/m1/s1. The number of anilines is 1. The molecule has 1 heterocycles. The number of nitrogens with zero attached hydrogens (tertiary/aromatic N) is 3. The lowest BCUT2D eigenvalue weighted by atomic mass is 9.91. The lowest BCUT2D eigenvalue weighted by molar-refractivity contribution is -0.393. The van der Waals surface area contributed by atoms with Crippen molar-refractivity contribution in [1.82, 2.24) is 0 Å². The molecule has 2 atom stereocenters. The van der Waals surface area contributed by atoms with Crippen LogP contribution in [0.1, 0.15) is 20.3 Å². The van der Waals surface area contributed by atoms with Gasteiger partial charge in [-0.1, -0.05) is 13.8 Å². The number of hydrogen-bond donors (Lipinski definition) is 0. The predicted molar refractivity (Wildman–Crippen MR) is 74.9 cm³/mol. The van der Waals surface area contributed by atoms with Crippen LogP contribution in [-0.4, -0.2) is 22.9 Å². The third-order valence-electron chi connectivity index (χ3n) is 3.58. The molecule has 0 N–H and O–H groups in total. The third-order valence-corrected chi connectivity index (χ3v) is 3.58. The van der Waals surface area contributed by atoms with Gasteiger partial charge in [-0.15, -0.1) is 0 Å². The van der Waals surface area contributed by atoms with Crippen molar-refractivity contribution in [1.29, 1.82) is 0 Å². The fourth-order valence-electron chi connectivity index (χ4n) is 2.90. The maximum absolute atomic E-state index is 11.2. The molecule has 108 valence electrons. The second-order valence-electron chi connectivity index (χ2n) is 5.54. The largest absolute Gasteiger partial charge is 0.365 e. The van der Waals surface area contributed by atoms with Gasteiger partial charge in [-0.2, -0.15) is 0 Å². The van der Waals surface area contributed by atoms with Crippen molar-refractivity contribution >= 4 is 17.1 Å². The third kappa shape index (κ3) is 2.87. The Morgan fingerprint density at radius 3 is 2.20 bits per heavy atom. The van der Waals surface area contributed by atoms with Crippen LogP contribution in [0, 0.1) is 32.1 Å². The Kier molecular flexibility index (Phi) is 3.87. The minimum atomic E-state index is -0.613. The van der Waals surface area contributed by atoms with Gasteiger partial charge in [0.05, 0.1) is 15.9 Å². The summed E-state index contributed by atoms with van der Waals surface area (Å²) in [5.41, 5.74) is 0.0260. The van der Waals surface area contributed by atoms with Gasteiger partial charge in [0.15, 0.2) is 0 Å². The maximum Gasteiger partial charge on any atom is 0.299 e. The highest BCUT2D eigenvalue weighted by molar-refractivity contribution is 5.67. The Morgan fingerprint density at radius 2 is 1.70 bits per heavy atom. The van der Waals surface area contributed by atoms with Gasteiger partial charge < -0.3 is 4.90 Å². The molecule has 0 bridgehead atoms. The van der Waals surface area contributed by atoms with Gasteiger partial charge in [0, 0.05) is 19.2 Å². The molecule has 1 aliphatic rings. The summed E-state index contributed by atoms with van der Waals surface area (Å²) in [6, 6.07) is 3.85. The molecule has 0 radical (unpaired) electrons. The highest BCUT2D eigenvalue weighted by Gasteiger charge is 2.28. The van der Waals surface area contributed by atoms with Crippen molar-refractivity contribution in [2.45, 2.75) is 20.3 Å². The van der Waals surface area contributed by atoms with Crippen LogP contribution in [-0.2, 0) is 0 Å². The number of benzene rings is 1. The van der Waals surface area contributed by atoms with E-state index in [0.29, 0.717) is 17.5 Å². The molecule has 1 aromatic rings. The highest BCUT2D eigenvalue weighted by atomic mass is 16.6. The number of piperidine rings is 1. The van der Waals surface area contributed by atoms with Crippen LogP contribution in [0.5, 0.6) is 0 Å². The quantitative estimate of drug-likeness (QED) is 0.626. The van der Waals surface area contributed by atoms with Gasteiger partial charge in [0.2, 0.25) is 0 Å². The lowest BCUT2D eigenvalue weighted by Crippen LogP contribution is -2.39. The average Bonchev–Trinajstić information content (AvgIpc) is 2.36. The molecule has 1 saturated heterocycles. The van der Waals surface area contributed by atoms with E-state index in [9.17, 15) is 20.2 Å². The molecule has 0 spiro atoms. The minimum Gasteiger partial charge on any atom is -0.365 e. The number of rotatable bonds is 3. The monoisotopic (exact) mass is 279 g/mol. The van der Waals surface area contributed by atoms with Gasteiger partial charge in [-0.05, 0) is 24.3 Å². The van der Waals surface area contributed by atoms with Crippen LogP contribution in [0.15, 0.2) is 18.2 Å². The summed E-state index contributed by atoms with van der Waals surface area (Å²) in [7, 11) is 0. The summed E-state index contributed by atoms with van der Waals surface area (Å²) < 4.78 is 0. The van der Waals surface area contributed by atoms with Crippen LogP contribution in [0.2, 0.25) is 0 Å². The number of non-ortho nitro benzene ring substituents is 1. The first kappa shape index (κ1) is 14.2. The molecular weight excluding hydrogens is 262 g/mol. The van der Waals surface area contributed by atoms with Crippen molar-refractivity contribution in [3.05, 3.63) is 38.4 Å². The Labute approximate surface area is 116 Å². The van der Waals surface area contributed by atoms with Crippen LogP contribution in [0.3, 0.4) is 0 Å². The predicted octanol–water partition coefficient (Wildman–Crippen LogP) is 2.99. The van der Waals surface area contributed by atoms with E-state index in [1.54, 1.807) is 0 Å². The van der Waals surface area contributed by atoms with Gasteiger partial charge >= 0.3 is 0 Å². The maximum atomic E-state index is 11.2. The smallest absolute Gasteiger partial charge is 0.299 e. The molecule has 0 unspecified atom stereocenters. The zero-order valence-corrected chi connectivity index (χ0v) is 11.5. The van der Waals surface area contributed by atoms with Crippen LogP contribution in [0.25, 0.3) is 0 Å². The van der Waals surface area contributed by atoms with Crippen LogP contribution >= 0.6 is 0 Å². The zero-order valence-electron chi connectivity index (χ0n) is 11.5. The minimum absolute atomic E-state index is 0.194. The van der Waals surface area contributed by atoms with E-state index in [0.717, 1.165) is 25.6 Å².